The largest absolute Gasteiger partial charge is 0.489 e. The molecule has 0 unspecified atom stereocenters. The molecule has 1 aliphatic rings. The van der Waals surface area contributed by atoms with Crippen LogP contribution < -0.4 is 4.74 Å². The number of hydrogen-bond acceptors (Lipinski definition) is 8. The van der Waals surface area contributed by atoms with Crippen molar-refractivity contribution in [2.75, 3.05) is 26.4 Å². The summed E-state index contributed by atoms with van der Waals surface area (Å²) in [6.45, 7) is 5.38. The topological polar surface area (TPSA) is 124 Å². The van der Waals surface area contributed by atoms with E-state index in [9.17, 15) is 19.6 Å². The first-order chi connectivity index (χ1) is 22.8. The summed E-state index contributed by atoms with van der Waals surface area (Å²) >= 11 is 0. The fourth-order valence-electron chi connectivity index (χ4n) is 5.11. The molecule has 0 N–H and O–H groups in total. The van der Waals surface area contributed by atoms with E-state index < -0.39 is 17.8 Å². The van der Waals surface area contributed by atoms with Gasteiger partial charge in [0.2, 0.25) is 0 Å². The van der Waals surface area contributed by atoms with Crippen molar-refractivity contribution < 1.29 is 28.6 Å². The van der Waals surface area contributed by atoms with E-state index in [0.29, 0.717) is 17.9 Å². The van der Waals surface area contributed by atoms with Gasteiger partial charge in [-0.3, -0.25) is 19.3 Å². The first kappa shape index (κ1) is 32.6. The summed E-state index contributed by atoms with van der Waals surface area (Å²) in [5.41, 5.74) is 5.19. The lowest BCUT2D eigenvalue weighted by molar-refractivity contribution is -0.142. The molecule has 1 aliphatic heterocycles. The SMILES string of the molecule is CC(=O)OCCOCCN1C(=O)C(C#N)=C(C)/C(=C\c2cn(-c3ccccc3)nc2-c2ccc(OCc3ccccc3)c(C)c2)C1=O. The third-order valence-corrected chi connectivity index (χ3v) is 7.57. The third kappa shape index (κ3) is 7.72. The van der Waals surface area contributed by atoms with Gasteiger partial charge in [-0.1, -0.05) is 48.5 Å². The standard InChI is InChI=1S/C37H34N4O6/c1-25-20-29(14-15-34(25)47-24-28-10-6-4-7-11-28)35-30(23-41(39-35)31-12-8-5-9-13-31)21-32-26(2)33(22-38)37(44)40(36(32)43)16-17-45-18-19-46-27(3)42/h4-15,20-21,23H,16-19,24H2,1-3H3/b32-21+. The predicted octanol–water partition coefficient (Wildman–Crippen LogP) is 5.60. The molecule has 4 aromatic rings. The second-order valence-electron chi connectivity index (χ2n) is 10.9. The van der Waals surface area contributed by atoms with E-state index in [1.165, 1.54) is 6.92 Å². The number of carbonyl (C=O) groups excluding carboxylic acids is 3. The molecule has 2 amide bonds. The zero-order valence-electron chi connectivity index (χ0n) is 26.4. The maximum atomic E-state index is 13.8. The van der Waals surface area contributed by atoms with Crippen molar-refractivity contribution >= 4 is 23.9 Å². The van der Waals surface area contributed by atoms with E-state index in [2.05, 4.69) is 0 Å². The highest BCUT2D eigenvalue weighted by molar-refractivity contribution is 6.19. The second-order valence-corrected chi connectivity index (χ2v) is 10.9. The van der Waals surface area contributed by atoms with Gasteiger partial charge in [0.15, 0.2) is 0 Å². The zero-order valence-corrected chi connectivity index (χ0v) is 26.4. The first-order valence-electron chi connectivity index (χ1n) is 15.1. The number of aromatic nitrogens is 2. The lowest BCUT2D eigenvalue weighted by Gasteiger charge is -2.27. The number of rotatable bonds is 12. The average Bonchev–Trinajstić information content (AvgIpc) is 3.50. The van der Waals surface area contributed by atoms with Gasteiger partial charge in [0.25, 0.3) is 11.8 Å². The van der Waals surface area contributed by atoms with Crippen molar-refractivity contribution in [3.05, 3.63) is 118 Å². The van der Waals surface area contributed by atoms with E-state index in [-0.39, 0.29) is 43.1 Å². The monoisotopic (exact) mass is 630 g/mol. The number of imide groups is 1. The smallest absolute Gasteiger partial charge is 0.302 e. The van der Waals surface area contributed by atoms with Gasteiger partial charge >= 0.3 is 5.97 Å². The van der Waals surface area contributed by atoms with Gasteiger partial charge < -0.3 is 14.2 Å². The fourth-order valence-corrected chi connectivity index (χ4v) is 5.11. The number of nitriles is 1. The van der Waals surface area contributed by atoms with Gasteiger partial charge in [-0.2, -0.15) is 10.4 Å². The molecule has 0 saturated heterocycles. The molecule has 238 valence electrons. The lowest BCUT2D eigenvalue weighted by Crippen LogP contribution is -2.44. The molecule has 0 atom stereocenters. The minimum absolute atomic E-state index is 0.0128. The number of nitrogens with zero attached hydrogens (tertiary/aromatic N) is 4. The number of hydrogen-bond donors (Lipinski definition) is 0. The number of benzene rings is 3. The van der Waals surface area contributed by atoms with Gasteiger partial charge in [-0.05, 0) is 67.0 Å². The molecule has 3 aromatic carbocycles. The number of aryl methyl sites for hydroxylation is 1. The quantitative estimate of drug-likeness (QED) is 0.0858. The van der Waals surface area contributed by atoms with Crippen LogP contribution in [0.2, 0.25) is 0 Å². The van der Waals surface area contributed by atoms with E-state index in [4.69, 9.17) is 19.3 Å². The Balaban J connectivity index is 1.48. The van der Waals surface area contributed by atoms with Crippen LogP contribution in [0, 0.1) is 18.3 Å². The molecule has 1 aromatic heterocycles. The van der Waals surface area contributed by atoms with Crippen LogP contribution in [0.15, 0.2) is 102 Å². The lowest BCUT2D eigenvalue weighted by atomic mass is 9.93. The summed E-state index contributed by atoms with van der Waals surface area (Å²) in [5.74, 6) is -0.919. The highest BCUT2D eigenvalue weighted by Gasteiger charge is 2.35. The molecule has 0 radical (unpaired) electrons. The maximum absolute atomic E-state index is 13.8. The Hall–Kier alpha value is -5.79. The molecule has 10 heteroatoms. The molecular formula is C37H34N4O6. The van der Waals surface area contributed by atoms with Crippen molar-refractivity contribution in [1.82, 2.24) is 14.7 Å². The molecule has 2 heterocycles. The first-order valence-corrected chi connectivity index (χ1v) is 15.1. The van der Waals surface area contributed by atoms with Crippen LogP contribution in [-0.2, 0) is 30.5 Å². The third-order valence-electron chi connectivity index (χ3n) is 7.57. The minimum atomic E-state index is -0.683. The summed E-state index contributed by atoms with van der Waals surface area (Å²) in [5, 5.41) is 14.8. The van der Waals surface area contributed by atoms with Crippen LogP contribution in [0.25, 0.3) is 23.0 Å². The molecule has 0 spiro atoms. The Morgan fingerprint density at radius 3 is 2.34 bits per heavy atom. The Morgan fingerprint density at radius 2 is 1.66 bits per heavy atom. The van der Waals surface area contributed by atoms with Gasteiger partial charge in [-0.15, -0.1) is 0 Å². The predicted molar refractivity (Wildman–Crippen MR) is 175 cm³/mol. The summed E-state index contributed by atoms with van der Waals surface area (Å²) in [6, 6.07) is 27.3. The molecule has 0 bridgehead atoms. The van der Waals surface area contributed by atoms with Gasteiger partial charge in [-0.25, -0.2) is 4.68 Å². The Morgan fingerprint density at radius 1 is 0.936 bits per heavy atom. The zero-order chi connectivity index (χ0) is 33.3. The molecule has 10 nitrogen and oxygen atoms in total. The van der Waals surface area contributed by atoms with Gasteiger partial charge in [0, 0.05) is 29.8 Å². The van der Waals surface area contributed by atoms with Crippen LogP contribution in [0.5, 0.6) is 5.75 Å². The molecule has 5 rings (SSSR count). The van der Waals surface area contributed by atoms with E-state index in [1.54, 1.807) is 17.7 Å². The molecule has 0 saturated carbocycles. The minimum Gasteiger partial charge on any atom is -0.489 e. The molecule has 47 heavy (non-hydrogen) atoms. The van der Waals surface area contributed by atoms with E-state index in [0.717, 1.165) is 33.0 Å². The van der Waals surface area contributed by atoms with Crippen molar-refractivity contribution in [2.45, 2.75) is 27.4 Å². The number of para-hydroxylation sites is 1. The summed E-state index contributed by atoms with van der Waals surface area (Å²) in [4.78, 5) is 38.9. The second kappa shape index (κ2) is 15.0. The Kier molecular flexibility index (Phi) is 10.4. The highest BCUT2D eigenvalue weighted by atomic mass is 16.6. The average molecular weight is 631 g/mol. The highest BCUT2D eigenvalue weighted by Crippen LogP contribution is 2.33. The summed E-state index contributed by atoms with van der Waals surface area (Å²) < 4.78 is 18.1. The van der Waals surface area contributed by atoms with Crippen LogP contribution in [0.4, 0.5) is 0 Å². The Bertz CT molecular complexity index is 1890. The molecule has 0 fully saturated rings. The van der Waals surface area contributed by atoms with E-state index >= 15 is 0 Å². The van der Waals surface area contributed by atoms with Crippen LogP contribution in [0.3, 0.4) is 0 Å². The molecular weight excluding hydrogens is 596 g/mol. The number of amides is 2. The fraction of sp³-hybridized carbons (Fsp3) is 0.216. The summed E-state index contributed by atoms with van der Waals surface area (Å²) in [6.07, 6.45) is 3.49. The van der Waals surface area contributed by atoms with Crippen LogP contribution in [-0.4, -0.2) is 58.8 Å². The van der Waals surface area contributed by atoms with Crippen LogP contribution >= 0.6 is 0 Å². The van der Waals surface area contributed by atoms with Crippen molar-refractivity contribution in [3.63, 3.8) is 0 Å². The Labute approximate surface area is 273 Å². The van der Waals surface area contributed by atoms with E-state index in [1.807, 2.05) is 98.1 Å². The van der Waals surface area contributed by atoms with Gasteiger partial charge in [0.05, 0.1) is 31.1 Å². The van der Waals surface area contributed by atoms with Crippen molar-refractivity contribution in [2.24, 2.45) is 0 Å². The summed E-state index contributed by atoms with van der Waals surface area (Å²) in [7, 11) is 0. The van der Waals surface area contributed by atoms with Gasteiger partial charge in [0.1, 0.15) is 30.6 Å². The van der Waals surface area contributed by atoms with Crippen molar-refractivity contribution in [3.8, 4) is 28.8 Å². The molecule has 0 aliphatic carbocycles. The normalized spacial score (nSPS) is 14.0. The van der Waals surface area contributed by atoms with Crippen molar-refractivity contribution in [1.29, 1.82) is 5.26 Å². The van der Waals surface area contributed by atoms with Crippen LogP contribution in [0.1, 0.15) is 30.5 Å². The maximum Gasteiger partial charge on any atom is 0.302 e. The number of ether oxygens (including phenoxy) is 3. The number of esters is 1. The number of carbonyl (C=O) groups is 3.